The van der Waals surface area contributed by atoms with E-state index in [9.17, 15) is 0 Å². The highest BCUT2D eigenvalue weighted by Crippen LogP contribution is 2.24. The van der Waals surface area contributed by atoms with Gasteiger partial charge in [-0.3, -0.25) is 4.98 Å². The van der Waals surface area contributed by atoms with Gasteiger partial charge in [0.25, 0.3) is 0 Å². The van der Waals surface area contributed by atoms with Crippen molar-refractivity contribution < 1.29 is 0 Å². The average molecular weight is 210 g/mol. The first-order chi connectivity index (χ1) is 7.93. The standard InChI is InChI=1S/C14H14N2/c1-3-12(14-9-16-10-14)4-2-11(1)13-5-7-15-8-6-13/h1-8,14,16H,9-10H2. The number of rotatable bonds is 2. The Kier molecular flexibility index (Phi) is 2.43. The maximum absolute atomic E-state index is 4.03. The topological polar surface area (TPSA) is 24.9 Å². The molecule has 2 heterocycles. The molecule has 16 heavy (non-hydrogen) atoms. The van der Waals surface area contributed by atoms with E-state index in [1.54, 1.807) is 0 Å². The van der Waals surface area contributed by atoms with Crippen molar-refractivity contribution in [3.05, 3.63) is 54.4 Å². The zero-order valence-corrected chi connectivity index (χ0v) is 9.06. The van der Waals surface area contributed by atoms with Crippen LogP contribution in [0.1, 0.15) is 11.5 Å². The fourth-order valence-electron chi connectivity index (χ4n) is 2.02. The molecule has 2 aromatic rings. The highest BCUT2D eigenvalue weighted by Gasteiger charge is 2.18. The van der Waals surface area contributed by atoms with Crippen molar-refractivity contribution in [2.24, 2.45) is 0 Å². The van der Waals surface area contributed by atoms with Crippen molar-refractivity contribution >= 4 is 0 Å². The molecule has 1 aliphatic rings. The molecule has 0 aliphatic carbocycles. The van der Waals surface area contributed by atoms with Crippen LogP contribution in [-0.2, 0) is 0 Å². The van der Waals surface area contributed by atoms with E-state index in [1.807, 2.05) is 24.5 Å². The van der Waals surface area contributed by atoms with Crippen molar-refractivity contribution in [2.75, 3.05) is 13.1 Å². The first kappa shape index (κ1) is 9.55. The number of nitrogens with zero attached hydrogens (tertiary/aromatic N) is 1. The Labute approximate surface area is 95.3 Å². The summed E-state index contributed by atoms with van der Waals surface area (Å²) in [5.41, 5.74) is 3.93. The second-order valence-corrected chi connectivity index (χ2v) is 4.21. The van der Waals surface area contributed by atoms with E-state index in [-0.39, 0.29) is 0 Å². The molecule has 1 aromatic carbocycles. The SMILES string of the molecule is c1cc(-c2ccc(C3CNC3)cc2)ccn1. The van der Waals surface area contributed by atoms with Crippen LogP contribution in [0.4, 0.5) is 0 Å². The molecule has 0 spiro atoms. The summed E-state index contributed by atoms with van der Waals surface area (Å²) >= 11 is 0. The Hall–Kier alpha value is -1.67. The molecule has 2 heteroatoms. The predicted octanol–water partition coefficient (Wildman–Crippen LogP) is 2.44. The van der Waals surface area contributed by atoms with Crippen molar-refractivity contribution in [3.63, 3.8) is 0 Å². The van der Waals surface area contributed by atoms with E-state index >= 15 is 0 Å². The number of nitrogens with one attached hydrogen (secondary N) is 1. The smallest absolute Gasteiger partial charge is 0.0273 e. The van der Waals surface area contributed by atoms with Gasteiger partial charge in [-0.25, -0.2) is 0 Å². The second kappa shape index (κ2) is 4.06. The minimum absolute atomic E-state index is 0.714. The second-order valence-electron chi connectivity index (χ2n) is 4.21. The molecule has 2 nitrogen and oxygen atoms in total. The molecule has 0 unspecified atom stereocenters. The summed E-state index contributed by atoms with van der Waals surface area (Å²) in [6.45, 7) is 2.24. The van der Waals surface area contributed by atoms with Crippen molar-refractivity contribution in [1.82, 2.24) is 10.3 Å². The lowest BCUT2D eigenvalue weighted by Gasteiger charge is -2.27. The van der Waals surface area contributed by atoms with E-state index in [2.05, 4.69) is 34.6 Å². The van der Waals surface area contributed by atoms with Gasteiger partial charge in [-0.05, 0) is 28.8 Å². The lowest BCUT2D eigenvalue weighted by molar-refractivity contribution is 0.448. The van der Waals surface area contributed by atoms with Gasteiger partial charge in [-0.15, -0.1) is 0 Å². The molecule has 3 rings (SSSR count). The van der Waals surface area contributed by atoms with Crippen LogP contribution in [0.5, 0.6) is 0 Å². The molecule has 0 atom stereocenters. The molecular formula is C14H14N2. The minimum atomic E-state index is 0.714. The van der Waals surface area contributed by atoms with Crippen LogP contribution in [0.2, 0.25) is 0 Å². The van der Waals surface area contributed by atoms with Gasteiger partial charge in [0, 0.05) is 31.4 Å². The normalized spacial score (nSPS) is 15.8. The monoisotopic (exact) mass is 210 g/mol. The van der Waals surface area contributed by atoms with Gasteiger partial charge in [0.15, 0.2) is 0 Å². The zero-order chi connectivity index (χ0) is 10.8. The Morgan fingerprint density at radius 3 is 2.06 bits per heavy atom. The molecular weight excluding hydrogens is 196 g/mol. The Bertz CT molecular complexity index is 458. The van der Waals surface area contributed by atoms with E-state index < -0.39 is 0 Å². The lowest BCUT2D eigenvalue weighted by Crippen LogP contribution is -2.39. The van der Waals surface area contributed by atoms with E-state index in [0.717, 1.165) is 13.1 Å². The van der Waals surface area contributed by atoms with E-state index in [4.69, 9.17) is 0 Å². The summed E-state index contributed by atoms with van der Waals surface area (Å²) in [7, 11) is 0. The predicted molar refractivity (Wildman–Crippen MR) is 65.3 cm³/mol. The quantitative estimate of drug-likeness (QED) is 0.823. The summed E-state index contributed by atoms with van der Waals surface area (Å²) in [6.07, 6.45) is 3.66. The Morgan fingerprint density at radius 1 is 0.875 bits per heavy atom. The van der Waals surface area contributed by atoms with Crippen molar-refractivity contribution in [3.8, 4) is 11.1 Å². The average Bonchev–Trinajstić information content (AvgIpc) is 2.29. The van der Waals surface area contributed by atoms with Crippen LogP contribution in [0.25, 0.3) is 11.1 Å². The fraction of sp³-hybridized carbons (Fsp3) is 0.214. The van der Waals surface area contributed by atoms with Gasteiger partial charge in [0.1, 0.15) is 0 Å². The number of benzene rings is 1. The number of pyridine rings is 1. The highest BCUT2D eigenvalue weighted by molar-refractivity contribution is 5.63. The van der Waals surface area contributed by atoms with Gasteiger partial charge in [-0.1, -0.05) is 24.3 Å². The lowest BCUT2D eigenvalue weighted by atomic mass is 9.92. The van der Waals surface area contributed by atoms with Crippen LogP contribution >= 0.6 is 0 Å². The minimum Gasteiger partial charge on any atom is -0.315 e. The molecule has 1 aliphatic heterocycles. The van der Waals surface area contributed by atoms with Crippen LogP contribution in [0.3, 0.4) is 0 Å². The molecule has 80 valence electrons. The number of hydrogen-bond donors (Lipinski definition) is 1. The van der Waals surface area contributed by atoms with Crippen molar-refractivity contribution in [1.29, 1.82) is 0 Å². The first-order valence-electron chi connectivity index (χ1n) is 5.64. The molecule has 1 aromatic heterocycles. The van der Waals surface area contributed by atoms with Gasteiger partial charge in [0.05, 0.1) is 0 Å². The zero-order valence-electron chi connectivity index (χ0n) is 9.06. The first-order valence-corrected chi connectivity index (χ1v) is 5.64. The maximum Gasteiger partial charge on any atom is 0.0273 e. The molecule has 1 N–H and O–H groups in total. The van der Waals surface area contributed by atoms with Crippen LogP contribution < -0.4 is 5.32 Å². The van der Waals surface area contributed by atoms with E-state index in [0.29, 0.717) is 5.92 Å². The van der Waals surface area contributed by atoms with Gasteiger partial charge in [-0.2, -0.15) is 0 Å². The van der Waals surface area contributed by atoms with Gasteiger partial charge < -0.3 is 5.32 Å². The number of hydrogen-bond acceptors (Lipinski definition) is 2. The summed E-state index contributed by atoms with van der Waals surface area (Å²) in [6, 6.07) is 13.0. The van der Waals surface area contributed by atoms with Crippen molar-refractivity contribution in [2.45, 2.75) is 5.92 Å². The Morgan fingerprint density at radius 2 is 1.50 bits per heavy atom. The Balaban J connectivity index is 1.87. The third kappa shape index (κ3) is 1.72. The van der Waals surface area contributed by atoms with Gasteiger partial charge >= 0.3 is 0 Å². The summed E-state index contributed by atoms with van der Waals surface area (Å²) in [5, 5.41) is 3.30. The fourth-order valence-corrected chi connectivity index (χ4v) is 2.02. The highest BCUT2D eigenvalue weighted by atomic mass is 14.9. The van der Waals surface area contributed by atoms with Crippen LogP contribution in [-0.4, -0.2) is 18.1 Å². The summed E-state index contributed by atoms with van der Waals surface area (Å²) in [4.78, 5) is 4.03. The summed E-state index contributed by atoms with van der Waals surface area (Å²) in [5.74, 6) is 0.714. The van der Waals surface area contributed by atoms with Gasteiger partial charge in [0.2, 0.25) is 0 Å². The maximum atomic E-state index is 4.03. The number of aromatic nitrogens is 1. The molecule has 1 fully saturated rings. The molecule has 0 radical (unpaired) electrons. The van der Waals surface area contributed by atoms with E-state index in [1.165, 1.54) is 16.7 Å². The largest absolute Gasteiger partial charge is 0.315 e. The molecule has 0 amide bonds. The molecule has 0 bridgehead atoms. The molecule has 0 saturated carbocycles. The third-order valence-corrected chi connectivity index (χ3v) is 3.18. The molecule has 1 saturated heterocycles. The summed E-state index contributed by atoms with van der Waals surface area (Å²) < 4.78 is 0. The third-order valence-electron chi connectivity index (χ3n) is 3.18. The van der Waals surface area contributed by atoms with Crippen LogP contribution in [0.15, 0.2) is 48.8 Å². The van der Waals surface area contributed by atoms with Crippen LogP contribution in [0, 0.1) is 0 Å².